The first-order valence-electron chi connectivity index (χ1n) is 6.74. The molecular weight excluding hydrogens is 248 g/mol. The summed E-state index contributed by atoms with van der Waals surface area (Å²) >= 11 is 0. The van der Waals surface area contributed by atoms with Crippen LogP contribution in [0, 0.1) is 5.92 Å². The zero-order valence-corrected chi connectivity index (χ0v) is 11.7. The highest BCUT2D eigenvalue weighted by Gasteiger charge is 2.39. The number of aliphatic carboxylic acids is 1. The predicted molar refractivity (Wildman–Crippen MR) is 70.6 cm³/mol. The number of hydrogen-bond acceptors (Lipinski definition) is 4. The van der Waals surface area contributed by atoms with Crippen LogP contribution >= 0.6 is 0 Å². The van der Waals surface area contributed by atoms with Gasteiger partial charge < -0.3 is 20.5 Å². The summed E-state index contributed by atoms with van der Waals surface area (Å²) < 4.78 is 5.16. The van der Waals surface area contributed by atoms with Crippen LogP contribution < -0.4 is 5.73 Å². The molecule has 19 heavy (non-hydrogen) atoms. The monoisotopic (exact) mass is 272 g/mol. The molecule has 0 saturated carbocycles. The third kappa shape index (κ3) is 4.47. The summed E-state index contributed by atoms with van der Waals surface area (Å²) in [5.74, 6) is -0.670. The predicted octanol–water partition coefficient (Wildman–Crippen LogP) is 0.452. The molecule has 1 fully saturated rings. The standard InChI is InChI=1S/C13H24N2O4/c1-9(5-6-14)3-4-12(16)15-8-10(19-2)7-11(15)13(17)18/h9-11H,3-8,14H2,1-2H3,(H,17,18). The van der Waals surface area contributed by atoms with Gasteiger partial charge in [-0.2, -0.15) is 0 Å². The van der Waals surface area contributed by atoms with E-state index in [1.54, 1.807) is 7.11 Å². The minimum absolute atomic E-state index is 0.101. The van der Waals surface area contributed by atoms with Gasteiger partial charge in [-0.25, -0.2) is 4.79 Å². The van der Waals surface area contributed by atoms with Crippen molar-refractivity contribution in [2.24, 2.45) is 11.7 Å². The van der Waals surface area contributed by atoms with Gasteiger partial charge in [0.05, 0.1) is 6.10 Å². The Hall–Kier alpha value is -1.14. The minimum Gasteiger partial charge on any atom is -0.480 e. The molecule has 0 spiro atoms. The minimum atomic E-state index is -0.956. The number of nitrogens with two attached hydrogens (primary N) is 1. The zero-order chi connectivity index (χ0) is 14.4. The van der Waals surface area contributed by atoms with Crippen molar-refractivity contribution in [2.45, 2.75) is 44.8 Å². The molecule has 0 aromatic rings. The maximum absolute atomic E-state index is 12.1. The quantitative estimate of drug-likeness (QED) is 0.702. The van der Waals surface area contributed by atoms with Gasteiger partial charge in [0.2, 0.25) is 5.91 Å². The van der Waals surface area contributed by atoms with Crippen LogP contribution in [0.4, 0.5) is 0 Å². The maximum Gasteiger partial charge on any atom is 0.326 e. The first kappa shape index (κ1) is 15.9. The number of carbonyl (C=O) groups is 2. The highest BCUT2D eigenvalue weighted by molar-refractivity contribution is 5.84. The second-order valence-electron chi connectivity index (χ2n) is 5.21. The summed E-state index contributed by atoms with van der Waals surface area (Å²) in [5.41, 5.74) is 5.47. The Labute approximate surface area is 113 Å². The van der Waals surface area contributed by atoms with E-state index in [0.29, 0.717) is 31.8 Å². The van der Waals surface area contributed by atoms with Gasteiger partial charge in [0, 0.05) is 26.5 Å². The van der Waals surface area contributed by atoms with Crippen LogP contribution in [-0.4, -0.2) is 54.2 Å². The molecule has 3 atom stereocenters. The fourth-order valence-corrected chi connectivity index (χ4v) is 2.42. The van der Waals surface area contributed by atoms with E-state index in [-0.39, 0.29) is 12.0 Å². The largest absolute Gasteiger partial charge is 0.480 e. The summed E-state index contributed by atoms with van der Waals surface area (Å²) in [6.45, 7) is 3.04. The topological polar surface area (TPSA) is 92.9 Å². The number of ether oxygens (including phenoxy) is 1. The third-order valence-electron chi connectivity index (χ3n) is 3.71. The van der Waals surface area contributed by atoms with Crippen molar-refractivity contribution in [2.75, 3.05) is 20.2 Å². The van der Waals surface area contributed by atoms with Crippen molar-refractivity contribution in [3.05, 3.63) is 0 Å². The average Bonchev–Trinajstić information content (AvgIpc) is 2.80. The lowest BCUT2D eigenvalue weighted by molar-refractivity contribution is -0.148. The van der Waals surface area contributed by atoms with Crippen LogP contribution in [0.25, 0.3) is 0 Å². The Morgan fingerprint density at radius 2 is 2.16 bits per heavy atom. The lowest BCUT2D eigenvalue weighted by Crippen LogP contribution is -2.40. The van der Waals surface area contributed by atoms with E-state index in [0.717, 1.165) is 12.8 Å². The van der Waals surface area contributed by atoms with E-state index in [1.165, 1.54) is 4.90 Å². The molecule has 110 valence electrons. The fraction of sp³-hybridized carbons (Fsp3) is 0.846. The Morgan fingerprint density at radius 1 is 1.47 bits per heavy atom. The molecule has 3 N–H and O–H groups in total. The van der Waals surface area contributed by atoms with Gasteiger partial charge in [0.1, 0.15) is 6.04 Å². The molecule has 0 bridgehead atoms. The molecule has 3 unspecified atom stereocenters. The number of carboxylic acids is 1. The number of methoxy groups -OCH3 is 1. The van der Waals surface area contributed by atoms with E-state index in [9.17, 15) is 9.59 Å². The second-order valence-corrected chi connectivity index (χ2v) is 5.21. The number of carboxylic acid groups (broad SMARTS) is 1. The van der Waals surface area contributed by atoms with Gasteiger partial charge >= 0.3 is 5.97 Å². The third-order valence-corrected chi connectivity index (χ3v) is 3.71. The number of amides is 1. The van der Waals surface area contributed by atoms with Crippen molar-refractivity contribution in [1.29, 1.82) is 0 Å². The van der Waals surface area contributed by atoms with Crippen LogP contribution in [0.1, 0.15) is 32.6 Å². The van der Waals surface area contributed by atoms with Crippen molar-refractivity contribution >= 4 is 11.9 Å². The molecule has 0 aromatic carbocycles. The van der Waals surface area contributed by atoms with Crippen molar-refractivity contribution in [1.82, 2.24) is 4.90 Å². The van der Waals surface area contributed by atoms with E-state index in [2.05, 4.69) is 6.92 Å². The summed E-state index contributed by atoms with van der Waals surface area (Å²) in [6.07, 6.45) is 2.20. The molecule has 1 aliphatic heterocycles. The van der Waals surface area contributed by atoms with Crippen LogP contribution in [0.15, 0.2) is 0 Å². The number of nitrogens with zero attached hydrogens (tertiary/aromatic N) is 1. The van der Waals surface area contributed by atoms with Crippen molar-refractivity contribution in [3.8, 4) is 0 Å². The van der Waals surface area contributed by atoms with Crippen LogP contribution in [0.2, 0.25) is 0 Å². The normalized spacial score (nSPS) is 24.5. The number of hydrogen-bond donors (Lipinski definition) is 2. The molecule has 1 saturated heterocycles. The van der Waals surface area contributed by atoms with Gasteiger partial charge in [-0.05, 0) is 25.3 Å². The summed E-state index contributed by atoms with van der Waals surface area (Å²) in [7, 11) is 1.54. The smallest absolute Gasteiger partial charge is 0.326 e. The van der Waals surface area contributed by atoms with E-state index < -0.39 is 12.0 Å². The van der Waals surface area contributed by atoms with Gasteiger partial charge in [0.15, 0.2) is 0 Å². The fourth-order valence-electron chi connectivity index (χ4n) is 2.42. The number of carbonyl (C=O) groups excluding carboxylic acids is 1. The van der Waals surface area contributed by atoms with Crippen LogP contribution in [0.3, 0.4) is 0 Å². The average molecular weight is 272 g/mol. The summed E-state index contributed by atoms with van der Waals surface area (Å²) in [4.78, 5) is 24.7. The number of likely N-dealkylation sites (tertiary alicyclic amines) is 1. The van der Waals surface area contributed by atoms with Gasteiger partial charge in [-0.1, -0.05) is 6.92 Å². The molecule has 1 amide bonds. The van der Waals surface area contributed by atoms with Gasteiger partial charge in [-0.15, -0.1) is 0 Å². The Kier molecular flexibility index (Phi) is 6.24. The second kappa shape index (κ2) is 7.45. The first-order valence-corrected chi connectivity index (χ1v) is 6.74. The molecular formula is C13H24N2O4. The molecule has 1 heterocycles. The Balaban J connectivity index is 2.52. The molecule has 0 aliphatic carbocycles. The zero-order valence-electron chi connectivity index (χ0n) is 11.7. The van der Waals surface area contributed by atoms with Gasteiger partial charge in [-0.3, -0.25) is 4.79 Å². The van der Waals surface area contributed by atoms with Crippen LogP contribution in [0.5, 0.6) is 0 Å². The van der Waals surface area contributed by atoms with E-state index >= 15 is 0 Å². The van der Waals surface area contributed by atoms with Crippen LogP contribution in [-0.2, 0) is 14.3 Å². The number of rotatable bonds is 7. The Morgan fingerprint density at radius 3 is 2.68 bits per heavy atom. The SMILES string of the molecule is COC1CC(C(=O)O)N(C(=O)CCC(C)CCN)C1. The molecule has 1 rings (SSSR count). The molecule has 6 heteroatoms. The Bertz CT molecular complexity index is 322. The molecule has 0 aromatic heterocycles. The van der Waals surface area contributed by atoms with Gasteiger partial charge in [0.25, 0.3) is 0 Å². The molecule has 6 nitrogen and oxygen atoms in total. The lowest BCUT2D eigenvalue weighted by atomic mass is 10.0. The van der Waals surface area contributed by atoms with Crippen molar-refractivity contribution < 1.29 is 19.4 Å². The highest BCUT2D eigenvalue weighted by atomic mass is 16.5. The maximum atomic E-state index is 12.1. The highest BCUT2D eigenvalue weighted by Crippen LogP contribution is 2.22. The van der Waals surface area contributed by atoms with E-state index in [1.807, 2.05) is 0 Å². The van der Waals surface area contributed by atoms with E-state index in [4.69, 9.17) is 15.6 Å². The molecule has 0 radical (unpaired) electrons. The van der Waals surface area contributed by atoms with Crippen molar-refractivity contribution in [3.63, 3.8) is 0 Å². The first-order chi connectivity index (χ1) is 8.99. The summed E-state index contributed by atoms with van der Waals surface area (Å²) in [5, 5.41) is 9.14. The molecule has 1 aliphatic rings. The summed E-state index contributed by atoms with van der Waals surface area (Å²) in [6, 6.07) is -0.748. The lowest BCUT2D eigenvalue weighted by Gasteiger charge is -2.22.